The first-order valence-electron chi connectivity index (χ1n) is 14.0. The van der Waals surface area contributed by atoms with Gasteiger partial charge in [0.1, 0.15) is 0 Å². The van der Waals surface area contributed by atoms with Crippen LogP contribution in [-0.2, 0) is 0 Å². The predicted octanol–water partition coefficient (Wildman–Crippen LogP) is 11.3. The first-order valence-corrected chi connectivity index (χ1v) is 14.0. The molecule has 0 bridgehead atoms. The fourth-order valence-electron chi connectivity index (χ4n) is 5.76. The number of benzene rings is 7. The van der Waals surface area contributed by atoms with Crippen LogP contribution < -0.4 is 4.90 Å². The summed E-state index contributed by atoms with van der Waals surface area (Å²) in [5.74, 6) is 0. The van der Waals surface area contributed by atoms with E-state index >= 15 is 0 Å². The Morgan fingerprint density at radius 2 is 0.780 bits per heavy atom. The second kappa shape index (κ2) is 11.0. The normalized spacial score (nSPS) is 10.9. The van der Waals surface area contributed by atoms with Crippen LogP contribution in [0.2, 0.25) is 0 Å². The van der Waals surface area contributed by atoms with Gasteiger partial charge >= 0.3 is 0 Å². The Balaban J connectivity index is 1.45. The molecule has 0 saturated heterocycles. The number of anilines is 3. The third kappa shape index (κ3) is 4.79. The number of rotatable bonds is 6. The fraction of sp³-hybridized carbons (Fsp3) is 0. The van der Waals surface area contributed by atoms with E-state index in [4.69, 9.17) is 0 Å². The van der Waals surface area contributed by atoms with Gasteiger partial charge in [0.2, 0.25) is 0 Å². The molecule has 41 heavy (non-hydrogen) atoms. The molecule has 0 atom stereocenters. The monoisotopic (exact) mass is 523 g/mol. The summed E-state index contributed by atoms with van der Waals surface area (Å²) in [7, 11) is 0. The van der Waals surface area contributed by atoms with Crippen molar-refractivity contribution in [1.82, 2.24) is 0 Å². The van der Waals surface area contributed by atoms with Gasteiger partial charge in [-0.2, -0.15) is 0 Å². The first-order chi connectivity index (χ1) is 20.4. The molecular formula is C40H29N. The Morgan fingerprint density at radius 1 is 0.293 bits per heavy atom. The van der Waals surface area contributed by atoms with E-state index in [-0.39, 0.29) is 0 Å². The molecular weight excluding hydrogens is 494 g/mol. The van der Waals surface area contributed by atoms with Gasteiger partial charge in [-0.15, -0.1) is 0 Å². The molecule has 0 amide bonds. The highest BCUT2D eigenvalue weighted by atomic mass is 15.1. The SMILES string of the molecule is c1ccc(-c2ccccc2-c2ccccc2-c2ccccc2N(c2ccccc2)c2ccc3ccccc3c2)cc1. The zero-order chi connectivity index (χ0) is 27.4. The summed E-state index contributed by atoms with van der Waals surface area (Å²) < 4.78 is 0. The predicted molar refractivity (Wildman–Crippen MR) is 175 cm³/mol. The Kier molecular flexibility index (Phi) is 6.61. The number of para-hydroxylation sites is 2. The maximum absolute atomic E-state index is 2.38. The number of nitrogens with zero attached hydrogens (tertiary/aromatic N) is 1. The molecule has 0 radical (unpaired) electrons. The minimum absolute atomic E-state index is 1.12. The Labute approximate surface area is 241 Å². The minimum Gasteiger partial charge on any atom is -0.310 e. The molecule has 0 saturated carbocycles. The van der Waals surface area contributed by atoms with Gasteiger partial charge in [-0.1, -0.05) is 146 Å². The van der Waals surface area contributed by atoms with Crippen LogP contribution in [0.4, 0.5) is 17.1 Å². The third-order valence-corrected chi connectivity index (χ3v) is 7.67. The van der Waals surface area contributed by atoms with Crippen LogP contribution in [-0.4, -0.2) is 0 Å². The Hall–Kier alpha value is -5.40. The van der Waals surface area contributed by atoms with Crippen molar-refractivity contribution < 1.29 is 0 Å². The molecule has 0 fully saturated rings. The van der Waals surface area contributed by atoms with E-state index in [9.17, 15) is 0 Å². The summed E-state index contributed by atoms with van der Waals surface area (Å²) >= 11 is 0. The van der Waals surface area contributed by atoms with Crippen LogP contribution in [0, 0.1) is 0 Å². The summed E-state index contributed by atoms with van der Waals surface area (Å²) in [6.45, 7) is 0. The molecule has 1 nitrogen and oxygen atoms in total. The molecule has 7 aromatic rings. The molecule has 0 aliphatic rings. The molecule has 0 aliphatic heterocycles. The van der Waals surface area contributed by atoms with E-state index in [2.05, 4.69) is 181 Å². The van der Waals surface area contributed by atoms with Crippen molar-refractivity contribution in [2.24, 2.45) is 0 Å². The van der Waals surface area contributed by atoms with Gasteiger partial charge in [-0.3, -0.25) is 0 Å². The molecule has 0 spiro atoms. The lowest BCUT2D eigenvalue weighted by Crippen LogP contribution is -2.11. The smallest absolute Gasteiger partial charge is 0.0540 e. The topological polar surface area (TPSA) is 3.24 Å². The number of hydrogen-bond donors (Lipinski definition) is 0. The van der Waals surface area contributed by atoms with Gasteiger partial charge < -0.3 is 4.90 Å². The lowest BCUT2D eigenvalue weighted by molar-refractivity contribution is 1.29. The molecule has 7 rings (SSSR count). The van der Waals surface area contributed by atoms with Gasteiger partial charge in [0.05, 0.1) is 5.69 Å². The molecule has 0 heterocycles. The Morgan fingerprint density at radius 3 is 1.49 bits per heavy atom. The van der Waals surface area contributed by atoms with Crippen LogP contribution in [0.15, 0.2) is 176 Å². The molecule has 194 valence electrons. The summed E-state index contributed by atoms with van der Waals surface area (Å²) in [4.78, 5) is 2.38. The average Bonchev–Trinajstić information content (AvgIpc) is 3.06. The standard InChI is InChI=1S/C40H29N/c1-3-16-31(17-4-1)35-21-9-10-22-36(35)37-23-11-12-24-38(37)39-25-13-14-26-40(39)41(33-19-5-2-6-20-33)34-28-27-30-15-7-8-18-32(30)29-34/h1-29H. The van der Waals surface area contributed by atoms with E-state index in [1.54, 1.807) is 0 Å². The molecule has 7 aromatic carbocycles. The van der Waals surface area contributed by atoms with Crippen LogP contribution >= 0.6 is 0 Å². The third-order valence-electron chi connectivity index (χ3n) is 7.67. The number of fused-ring (bicyclic) bond motifs is 1. The molecule has 0 unspecified atom stereocenters. The highest BCUT2D eigenvalue weighted by molar-refractivity contribution is 5.98. The van der Waals surface area contributed by atoms with Gasteiger partial charge in [0, 0.05) is 16.9 Å². The van der Waals surface area contributed by atoms with Crippen molar-refractivity contribution in [1.29, 1.82) is 0 Å². The largest absolute Gasteiger partial charge is 0.310 e. The van der Waals surface area contributed by atoms with Crippen molar-refractivity contribution in [3.8, 4) is 33.4 Å². The van der Waals surface area contributed by atoms with E-state index < -0.39 is 0 Å². The maximum Gasteiger partial charge on any atom is 0.0540 e. The van der Waals surface area contributed by atoms with Crippen molar-refractivity contribution in [3.05, 3.63) is 176 Å². The van der Waals surface area contributed by atoms with E-state index in [1.807, 2.05) is 0 Å². The van der Waals surface area contributed by atoms with Crippen molar-refractivity contribution in [2.45, 2.75) is 0 Å². The van der Waals surface area contributed by atoms with Crippen LogP contribution in [0.5, 0.6) is 0 Å². The quantitative estimate of drug-likeness (QED) is 0.209. The van der Waals surface area contributed by atoms with Crippen molar-refractivity contribution >= 4 is 27.8 Å². The summed E-state index contributed by atoms with van der Waals surface area (Å²) in [5, 5.41) is 2.46. The first kappa shape index (κ1) is 24.6. The van der Waals surface area contributed by atoms with E-state index in [0.29, 0.717) is 0 Å². The van der Waals surface area contributed by atoms with Gasteiger partial charge in [0.15, 0.2) is 0 Å². The molecule has 0 N–H and O–H groups in total. The summed E-state index contributed by atoms with van der Waals surface area (Å²) in [6, 6.07) is 62.8. The zero-order valence-corrected chi connectivity index (χ0v) is 22.7. The van der Waals surface area contributed by atoms with Gasteiger partial charge in [-0.05, 0) is 68.9 Å². The highest BCUT2D eigenvalue weighted by Gasteiger charge is 2.20. The lowest BCUT2D eigenvalue weighted by Gasteiger charge is -2.28. The van der Waals surface area contributed by atoms with Gasteiger partial charge in [-0.25, -0.2) is 0 Å². The maximum atomic E-state index is 2.38. The number of hydrogen-bond acceptors (Lipinski definition) is 1. The molecule has 0 aliphatic carbocycles. The van der Waals surface area contributed by atoms with E-state index in [1.165, 1.54) is 44.2 Å². The highest BCUT2D eigenvalue weighted by Crippen LogP contribution is 2.45. The fourth-order valence-corrected chi connectivity index (χ4v) is 5.76. The Bertz CT molecular complexity index is 1940. The van der Waals surface area contributed by atoms with E-state index in [0.717, 1.165) is 17.1 Å². The lowest BCUT2D eigenvalue weighted by atomic mass is 9.88. The summed E-state index contributed by atoms with van der Waals surface area (Å²) in [5.41, 5.74) is 10.7. The van der Waals surface area contributed by atoms with Crippen LogP contribution in [0.25, 0.3) is 44.2 Å². The van der Waals surface area contributed by atoms with Crippen LogP contribution in [0.1, 0.15) is 0 Å². The van der Waals surface area contributed by atoms with Gasteiger partial charge in [0.25, 0.3) is 0 Å². The molecule has 1 heteroatoms. The second-order valence-corrected chi connectivity index (χ2v) is 10.2. The molecule has 0 aromatic heterocycles. The van der Waals surface area contributed by atoms with Crippen molar-refractivity contribution in [2.75, 3.05) is 4.90 Å². The average molecular weight is 524 g/mol. The summed E-state index contributed by atoms with van der Waals surface area (Å²) in [6.07, 6.45) is 0. The second-order valence-electron chi connectivity index (χ2n) is 10.2. The zero-order valence-electron chi connectivity index (χ0n) is 22.7. The minimum atomic E-state index is 1.12. The van der Waals surface area contributed by atoms with Crippen LogP contribution in [0.3, 0.4) is 0 Å². The van der Waals surface area contributed by atoms with Crippen molar-refractivity contribution in [3.63, 3.8) is 0 Å².